The molecule has 0 unspecified atom stereocenters. The van der Waals surface area contributed by atoms with Crippen LogP contribution in [0, 0.1) is 0 Å². The van der Waals surface area contributed by atoms with Crippen molar-refractivity contribution in [3.05, 3.63) is 65.7 Å². The fourth-order valence-electron chi connectivity index (χ4n) is 2.54. The average Bonchev–Trinajstić information content (AvgIpc) is 2.60. The normalized spacial score (nSPS) is 13.3. The SMILES string of the molecule is C[C@@H](OC(=O)NC[C@H](Cc1ccc(O)cc1)N(C)C)c1ccccc1. The van der Waals surface area contributed by atoms with Gasteiger partial charge in [0.15, 0.2) is 0 Å². The van der Waals surface area contributed by atoms with E-state index in [0.717, 1.165) is 17.5 Å². The van der Waals surface area contributed by atoms with E-state index < -0.39 is 6.09 Å². The molecule has 0 aliphatic rings. The number of nitrogens with zero attached hydrogens (tertiary/aromatic N) is 1. The number of ether oxygens (including phenoxy) is 1. The molecule has 2 aromatic rings. The van der Waals surface area contributed by atoms with Gasteiger partial charge >= 0.3 is 6.09 Å². The second kappa shape index (κ2) is 9.08. The van der Waals surface area contributed by atoms with E-state index in [1.165, 1.54) is 0 Å². The molecule has 0 saturated heterocycles. The Morgan fingerprint density at radius 1 is 1.12 bits per heavy atom. The Kier molecular flexibility index (Phi) is 6.83. The van der Waals surface area contributed by atoms with Gasteiger partial charge in [0.1, 0.15) is 11.9 Å². The first-order valence-electron chi connectivity index (χ1n) is 8.39. The van der Waals surface area contributed by atoms with Crippen molar-refractivity contribution < 1.29 is 14.6 Å². The second-order valence-corrected chi connectivity index (χ2v) is 6.33. The number of likely N-dealkylation sites (N-methyl/N-ethyl adjacent to an activating group) is 1. The van der Waals surface area contributed by atoms with Crippen LogP contribution in [0.4, 0.5) is 4.79 Å². The van der Waals surface area contributed by atoms with Gasteiger partial charge in [-0.15, -0.1) is 0 Å². The molecule has 25 heavy (non-hydrogen) atoms. The van der Waals surface area contributed by atoms with Crippen LogP contribution in [0.2, 0.25) is 0 Å². The van der Waals surface area contributed by atoms with Crippen LogP contribution in [0.15, 0.2) is 54.6 Å². The molecule has 0 saturated carbocycles. The van der Waals surface area contributed by atoms with Crippen molar-refractivity contribution in [2.45, 2.75) is 25.5 Å². The first-order chi connectivity index (χ1) is 12.0. The van der Waals surface area contributed by atoms with Gasteiger partial charge in [-0.3, -0.25) is 0 Å². The number of carbonyl (C=O) groups excluding carboxylic acids is 1. The van der Waals surface area contributed by atoms with E-state index in [-0.39, 0.29) is 17.9 Å². The lowest BCUT2D eigenvalue weighted by molar-refractivity contribution is 0.104. The van der Waals surface area contributed by atoms with Crippen molar-refractivity contribution in [1.82, 2.24) is 10.2 Å². The summed E-state index contributed by atoms with van der Waals surface area (Å²) in [4.78, 5) is 14.1. The van der Waals surface area contributed by atoms with Crippen LogP contribution in [0.25, 0.3) is 0 Å². The van der Waals surface area contributed by atoms with Crippen LogP contribution in [-0.2, 0) is 11.2 Å². The van der Waals surface area contributed by atoms with Crippen molar-refractivity contribution in [3.63, 3.8) is 0 Å². The van der Waals surface area contributed by atoms with Gasteiger partial charge in [0.05, 0.1) is 0 Å². The zero-order chi connectivity index (χ0) is 18.2. The monoisotopic (exact) mass is 342 g/mol. The first-order valence-corrected chi connectivity index (χ1v) is 8.39. The predicted octanol–water partition coefficient (Wildman–Crippen LogP) is 3.35. The fraction of sp³-hybridized carbons (Fsp3) is 0.350. The number of benzene rings is 2. The predicted molar refractivity (Wildman–Crippen MR) is 98.6 cm³/mol. The molecule has 0 radical (unpaired) electrons. The number of hydrogen-bond acceptors (Lipinski definition) is 4. The summed E-state index contributed by atoms with van der Waals surface area (Å²) in [7, 11) is 3.95. The lowest BCUT2D eigenvalue weighted by Crippen LogP contribution is -2.41. The van der Waals surface area contributed by atoms with Gasteiger partial charge in [-0.25, -0.2) is 4.79 Å². The first kappa shape index (κ1) is 18.8. The van der Waals surface area contributed by atoms with Crippen LogP contribution in [0.5, 0.6) is 5.75 Å². The molecule has 2 rings (SSSR count). The maximum absolute atomic E-state index is 12.1. The zero-order valence-corrected chi connectivity index (χ0v) is 15.0. The molecule has 0 aromatic heterocycles. The number of phenols is 1. The summed E-state index contributed by atoms with van der Waals surface area (Å²) in [5, 5.41) is 12.2. The number of nitrogens with one attached hydrogen (secondary N) is 1. The molecule has 5 nitrogen and oxygen atoms in total. The standard InChI is InChI=1S/C20H26N2O3/c1-15(17-7-5-4-6-8-17)25-20(24)21-14-18(22(2)3)13-16-9-11-19(23)12-10-16/h4-12,15,18,23H,13-14H2,1-3H3,(H,21,24)/t15-,18+/m1/s1. The molecule has 2 atom stereocenters. The molecular formula is C20H26N2O3. The Balaban J connectivity index is 1.85. The van der Waals surface area contributed by atoms with E-state index in [1.807, 2.05) is 63.5 Å². The number of amides is 1. The molecule has 0 bridgehead atoms. The maximum Gasteiger partial charge on any atom is 0.407 e. The summed E-state index contributed by atoms with van der Waals surface area (Å²) in [6.45, 7) is 2.34. The molecule has 2 aromatic carbocycles. The summed E-state index contributed by atoms with van der Waals surface area (Å²) in [6.07, 6.45) is 0.0481. The Hall–Kier alpha value is -2.53. The highest BCUT2D eigenvalue weighted by atomic mass is 16.6. The molecule has 134 valence electrons. The molecule has 1 amide bonds. The summed E-state index contributed by atoms with van der Waals surface area (Å²) in [5.74, 6) is 0.252. The van der Waals surface area contributed by atoms with Crippen molar-refractivity contribution in [2.75, 3.05) is 20.6 Å². The van der Waals surface area contributed by atoms with Gasteiger partial charge < -0.3 is 20.1 Å². The molecule has 0 aliphatic carbocycles. The summed E-state index contributed by atoms with van der Waals surface area (Å²) in [5.41, 5.74) is 2.07. The zero-order valence-electron chi connectivity index (χ0n) is 15.0. The average molecular weight is 342 g/mol. The van der Waals surface area contributed by atoms with Gasteiger partial charge in [0.25, 0.3) is 0 Å². The molecule has 2 N–H and O–H groups in total. The topological polar surface area (TPSA) is 61.8 Å². The summed E-state index contributed by atoms with van der Waals surface area (Å²) in [6, 6.07) is 16.9. The van der Waals surface area contributed by atoms with Crippen molar-refractivity contribution >= 4 is 6.09 Å². The van der Waals surface area contributed by atoms with E-state index in [1.54, 1.807) is 12.1 Å². The molecule has 0 heterocycles. The number of alkyl carbamates (subject to hydrolysis) is 1. The summed E-state index contributed by atoms with van der Waals surface area (Å²) >= 11 is 0. The van der Waals surface area contributed by atoms with Gasteiger partial charge in [0.2, 0.25) is 0 Å². The Bertz CT molecular complexity index is 656. The molecular weight excluding hydrogens is 316 g/mol. The van der Waals surface area contributed by atoms with E-state index >= 15 is 0 Å². The number of phenolic OH excluding ortho intramolecular Hbond substituents is 1. The van der Waals surface area contributed by atoms with Crippen LogP contribution in [-0.4, -0.2) is 42.8 Å². The Morgan fingerprint density at radius 3 is 2.36 bits per heavy atom. The number of aromatic hydroxyl groups is 1. The van der Waals surface area contributed by atoms with Gasteiger partial charge in [-0.2, -0.15) is 0 Å². The van der Waals surface area contributed by atoms with Crippen LogP contribution in [0.3, 0.4) is 0 Å². The third-order valence-corrected chi connectivity index (χ3v) is 4.17. The largest absolute Gasteiger partial charge is 0.508 e. The van der Waals surface area contributed by atoms with E-state index in [9.17, 15) is 9.90 Å². The highest BCUT2D eigenvalue weighted by Gasteiger charge is 2.16. The van der Waals surface area contributed by atoms with Crippen LogP contribution >= 0.6 is 0 Å². The number of hydrogen-bond donors (Lipinski definition) is 2. The van der Waals surface area contributed by atoms with Crippen molar-refractivity contribution in [3.8, 4) is 5.75 Å². The Labute approximate surface area is 149 Å². The smallest absolute Gasteiger partial charge is 0.407 e. The maximum atomic E-state index is 12.1. The molecule has 5 heteroatoms. The number of rotatable bonds is 7. The Morgan fingerprint density at radius 2 is 1.76 bits per heavy atom. The van der Waals surface area contributed by atoms with Gasteiger partial charge in [0, 0.05) is 12.6 Å². The molecule has 0 fully saturated rings. The van der Waals surface area contributed by atoms with E-state index in [2.05, 4.69) is 10.2 Å². The minimum Gasteiger partial charge on any atom is -0.508 e. The van der Waals surface area contributed by atoms with Crippen LogP contribution in [0.1, 0.15) is 24.2 Å². The lowest BCUT2D eigenvalue weighted by atomic mass is 10.1. The minimum absolute atomic E-state index is 0.129. The fourth-order valence-corrected chi connectivity index (χ4v) is 2.54. The third-order valence-electron chi connectivity index (χ3n) is 4.17. The highest BCUT2D eigenvalue weighted by molar-refractivity contribution is 5.67. The molecule has 0 aliphatic heterocycles. The highest BCUT2D eigenvalue weighted by Crippen LogP contribution is 2.16. The van der Waals surface area contributed by atoms with Crippen molar-refractivity contribution in [1.29, 1.82) is 0 Å². The second-order valence-electron chi connectivity index (χ2n) is 6.33. The summed E-state index contributed by atoms with van der Waals surface area (Å²) < 4.78 is 5.43. The van der Waals surface area contributed by atoms with Crippen molar-refractivity contribution in [2.24, 2.45) is 0 Å². The van der Waals surface area contributed by atoms with E-state index in [0.29, 0.717) is 6.54 Å². The molecule has 0 spiro atoms. The lowest BCUT2D eigenvalue weighted by Gasteiger charge is -2.25. The third kappa shape index (κ3) is 6.12. The number of carbonyl (C=O) groups is 1. The van der Waals surface area contributed by atoms with Gasteiger partial charge in [-0.05, 0) is 50.7 Å². The van der Waals surface area contributed by atoms with Crippen LogP contribution < -0.4 is 5.32 Å². The quantitative estimate of drug-likeness (QED) is 0.810. The minimum atomic E-state index is -0.422. The van der Waals surface area contributed by atoms with E-state index in [4.69, 9.17) is 4.74 Å². The van der Waals surface area contributed by atoms with Gasteiger partial charge in [-0.1, -0.05) is 42.5 Å².